The van der Waals surface area contributed by atoms with Gasteiger partial charge in [-0.1, -0.05) is 25.1 Å². The van der Waals surface area contributed by atoms with Crippen LogP contribution in [0.1, 0.15) is 36.5 Å². The summed E-state index contributed by atoms with van der Waals surface area (Å²) in [5.41, 5.74) is 0.807. The molecule has 3 nitrogen and oxygen atoms in total. The lowest BCUT2D eigenvalue weighted by molar-refractivity contribution is 0.0639. The van der Waals surface area contributed by atoms with Crippen LogP contribution in [0.3, 0.4) is 0 Å². The summed E-state index contributed by atoms with van der Waals surface area (Å²) in [6, 6.07) is 10.8. The molecule has 1 aliphatic heterocycles. The lowest BCUT2D eigenvalue weighted by atomic mass is 9.95. The zero-order chi connectivity index (χ0) is 13.2. The van der Waals surface area contributed by atoms with Crippen LogP contribution in [-0.2, 0) is 0 Å². The van der Waals surface area contributed by atoms with E-state index in [9.17, 15) is 4.79 Å². The minimum Gasteiger partial charge on any atom is -0.337 e. The summed E-state index contributed by atoms with van der Waals surface area (Å²) in [5, 5.41) is 3.67. The number of benzene rings is 1. The lowest BCUT2D eigenvalue weighted by Crippen LogP contribution is -2.51. The molecule has 1 saturated heterocycles. The van der Waals surface area contributed by atoms with Gasteiger partial charge < -0.3 is 10.2 Å². The average molecular weight is 258 g/mol. The lowest BCUT2D eigenvalue weighted by Gasteiger charge is -2.37. The molecule has 2 unspecified atom stereocenters. The summed E-state index contributed by atoms with van der Waals surface area (Å²) < 4.78 is 0. The molecule has 3 rings (SSSR count). The van der Waals surface area contributed by atoms with Crippen LogP contribution in [-0.4, -0.2) is 36.0 Å². The van der Waals surface area contributed by atoms with Crippen LogP contribution < -0.4 is 5.32 Å². The van der Waals surface area contributed by atoms with E-state index in [1.807, 2.05) is 35.2 Å². The summed E-state index contributed by atoms with van der Waals surface area (Å²) in [6.07, 6.45) is 3.80. The van der Waals surface area contributed by atoms with Crippen molar-refractivity contribution in [1.82, 2.24) is 10.2 Å². The first-order chi connectivity index (χ1) is 9.22. The van der Waals surface area contributed by atoms with E-state index in [1.165, 1.54) is 19.3 Å². The highest BCUT2D eigenvalue weighted by molar-refractivity contribution is 5.94. The molecule has 102 valence electrons. The molecule has 2 atom stereocenters. The van der Waals surface area contributed by atoms with Crippen molar-refractivity contribution in [3.63, 3.8) is 0 Å². The number of carbonyl (C=O) groups excluding carboxylic acids is 1. The molecule has 0 spiro atoms. The van der Waals surface area contributed by atoms with Crippen molar-refractivity contribution in [2.75, 3.05) is 13.1 Å². The molecular formula is C16H22N2O. The van der Waals surface area contributed by atoms with Gasteiger partial charge in [0.15, 0.2) is 0 Å². The largest absolute Gasteiger partial charge is 0.337 e. The van der Waals surface area contributed by atoms with E-state index in [0.29, 0.717) is 18.0 Å². The summed E-state index contributed by atoms with van der Waals surface area (Å²) in [4.78, 5) is 14.5. The number of nitrogens with zero attached hydrogens (tertiary/aromatic N) is 1. The Labute approximate surface area is 115 Å². The van der Waals surface area contributed by atoms with Gasteiger partial charge in [0, 0.05) is 30.7 Å². The van der Waals surface area contributed by atoms with E-state index in [2.05, 4.69) is 12.2 Å². The first-order valence-corrected chi connectivity index (χ1v) is 7.33. The third-order valence-corrected chi connectivity index (χ3v) is 4.02. The van der Waals surface area contributed by atoms with Gasteiger partial charge in [0.25, 0.3) is 5.91 Å². The maximum absolute atomic E-state index is 12.5. The zero-order valence-corrected chi connectivity index (χ0v) is 11.5. The van der Waals surface area contributed by atoms with Crippen molar-refractivity contribution in [3.05, 3.63) is 35.9 Å². The van der Waals surface area contributed by atoms with Crippen LogP contribution >= 0.6 is 0 Å². The van der Waals surface area contributed by atoms with E-state index < -0.39 is 0 Å². The Morgan fingerprint density at radius 1 is 1.16 bits per heavy atom. The van der Waals surface area contributed by atoms with Gasteiger partial charge in [0.1, 0.15) is 0 Å². The van der Waals surface area contributed by atoms with E-state index in [-0.39, 0.29) is 5.91 Å². The second-order valence-electron chi connectivity index (χ2n) is 6.05. The SMILES string of the molecule is CC1CC(NC2CC2)CN(C(=O)c2ccccc2)C1. The molecule has 2 fully saturated rings. The standard InChI is InChI=1S/C16H22N2O/c1-12-9-15(17-14-7-8-14)11-18(10-12)16(19)13-5-3-2-4-6-13/h2-6,12,14-15,17H,7-11H2,1H3. The second-order valence-corrected chi connectivity index (χ2v) is 6.05. The summed E-state index contributed by atoms with van der Waals surface area (Å²) in [5.74, 6) is 0.757. The molecule has 1 aromatic carbocycles. The van der Waals surface area contributed by atoms with Crippen LogP contribution in [0.4, 0.5) is 0 Å². The van der Waals surface area contributed by atoms with Crippen molar-refractivity contribution >= 4 is 5.91 Å². The maximum atomic E-state index is 12.5. The van der Waals surface area contributed by atoms with Gasteiger partial charge in [-0.05, 0) is 37.3 Å². The third-order valence-electron chi connectivity index (χ3n) is 4.02. The van der Waals surface area contributed by atoms with E-state index in [4.69, 9.17) is 0 Å². The molecular weight excluding hydrogens is 236 g/mol. The highest BCUT2D eigenvalue weighted by Gasteiger charge is 2.32. The van der Waals surface area contributed by atoms with Crippen LogP contribution in [0.15, 0.2) is 30.3 Å². The molecule has 0 radical (unpaired) electrons. The van der Waals surface area contributed by atoms with Gasteiger partial charge >= 0.3 is 0 Å². The Morgan fingerprint density at radius 2 is 1.89 bits per heavy atom. The van der Waals surface area contributed by atoms with E-state index >= 15 is 0 Å². The van der Waals surface area contributed by atoms with Gasteiger partial charge in [0.2, 0.25) is 0 Å². The number of hydrogen-bond acceptors (Lipinski definition) is 2. The van der Waals surface area contributed by atoms with Gasteiger partial charge in [0.05, 0.1) is 0 Å². The van der Waals surface area contributed by atoms with E-state index in [1.54, 1.807) is 0 Å². The monoisotopic (exact) mass is 258 g/mol. The predicted octanol–water partition coefficient (Wildman–Crippen LogP) is 2.29. The number of hydrogen-bond donors (Lipinski definition) is 1. The number of nitrogens with one attached hydrogen (secondary N) is 1. The highest BCUT2D eigenvalue weighted by Crippen LogP contribution is 2.24. The first-order valence-electron chi connectivity index (χ1n) is 7.33. The quantitative estimate of drug-likeness (QED) is 0.902. The van der Waals surface area contributed by atoms with Crippen LogP contribution in [0.25, 0.3) is 0 Å². The number of carbonyl (C=O) groups is 1. The summed E-state index contributed by atoms with van der Waals surface area (Å²) in [6.45, 7) is 3.98. The fourth-order valence-corrected chi connectivity index (χ4v) is 2.98. The Balaban J connectivity index is 1.67. The molecule has 1 aromatic rings. The average Bonchev–Trinajstić information content (AvgIpc) is 3.22. The van der Waals surface area contributed by atoms with Gasteiger partial charge in [-0.15, -0.1) is 0 Å². The number of amides is 1. The first kappa shape index (κ1) is 12.7. The molecule has 1 aliphatic carbocycles. The second kappa shape index (κ2) is 5.33. The van der Waals surface area contributed by atoms with Gasteiger partial charge in [-0.25, -0.2) is 0 Å². The molecule has 0 aromatic heterocycles. The molecule has 1 saturated carbocycles. The minimum absolute atomic E-state index is 0.176. The minimum atomic E-state index is 0.176. The van der Waals surface area contributed by atoms with E-state index in [0.717, 1.165) is 18.7 Å². The molecule has 1 amide bonds. The molecule has 19 heavy (non-hydrogen) atoms. The normalized spacial score (nSPS) is 27.3. The molecule has 1 N–H and O–H groups in total. The van der Waals surface area contributed by atoms with Crippen molar-refractivity contribution < 1.29 is 4.79 Å². The fourth-order valence-electron chi connectivity index (χ4n) is 2.98. The Bertz CT molecular complexity index is 439. The zero-order valence-electron chi connectivity index (χ0n) is 11.5. The van der Waals surface area contributed by atoms with Crippen molar-refractivity contribution in [1.29, 1.82) is 0 Å². The Kier molecular flexibility index (Phi) is 3.56. The van der Waals surface area contributed by atoms with Crippen LogP contribution in [0.2, 0.25) is 0 Å². The van der Waals surface area contributed by atoms with Crippen molar-refractivity contribution in [2.45, 2.75) is 38.3 Å². The predicted molar refractivity (Wildman–Crippen MR) is 76.1 cm³/mol. The molecule has 1 heterocycles. The molecule has 3 heteroatoms. The van der Waals surface area contributed by atoms with Gasteiger partial charge in [-0.2, -0.15) is 0 Å². The fraction of sp³-hybridized carbons (Fsp3) is 0.562. The van der Waals surface area contributed by atoms with Crippen LogP contribution in [0.5, 0.6) is 0 Å². The van der Waals surface area contributed by atoms with Crippen molar-refractivity contribution in [2.24, 2.45) is 5.92 Å². The molecule has 0 bridgehead atoms. The van der Waals surface area contributed by atoms with Gasteiger partial charge in [-0.3, -0.25) is 4.79 Å². The number of piperidine rings is 1. The maximum Gasteiger partial charge on any atom is 0.253 e. The summed E-state index contributed by atoms with van der Waals surface area (Å²) >= 11 is 0. The van der Waals surface area contributed by atoms with Crippen LogP contribution in [0, 0.1) is 5.92 Å². The number of rotatable bonds is 3. The third kappa shape index (κ3) is 3.16. The van der Waals surface area contributed by atoms with Crippen molar-refractivity contribution in [3.8, 4) is 0 Å². The smallest absolute Gasteiger partial charge is 0.253 e. The Morgan fingerprint density at radius 3 is 2.58 bits per heavy atom. The highest BCUT2D eigenvalue weighted by atomic mass is 16.2. The number of likely N-dealkylation sites (tertiary alicyclic amines) is 1. The Hall–Kier alpha value is -1.35. The topological polar surface area (TPSA) is 32.3 Å². The molecule has 2 aliphatic rings. The summed E-state index contributed by atoms with van der Waals surface area (Å²) in [7, 11) is 0.